The van der Waals surface area contributed by atoms with Crippen LogP contribution >= 0.6 is 0 Å². The van der Waals surface area contributed by atoms with Crippen molar-refractivity contribution in [1.29, 1.82) is 0 Å². The van der Waals surface area contributed by atoms with Gasteiger partial charge in [0.2, 0.25) is 0 Å². The molecule has 2 heterocycles. The number of benzene rings is 1. The third kappa shape index (κ3) is 4.15. The number of fused-ring (bicyclic) bond motifs is 1. The molecule has 188 valence electrons. The molecule has 6 aliphatic rings. The maximum atomic E-state index is 13.0. The Bertz CT molecular complexity index is 1160. The lowest BCUT2D eigenvalue weighted by Gasteiger charge is -2.57. The summed E-state index contributed by atoms with van der Waals surface area (Å²) < 4.78 is 34.6. The van der Waals surface area contributed by atoms with E-state index in [2.05, 4.69) is 9.71 Å². The van der Waals surface area contributed by atoms with E-state index in [0.717, 1.165) is 43.4 Å². The maximum absolute atomic E-state index is 13.0. The zero-order valence-corrected chi connectivity index (χ0v) is 20.9. The van der Waals surface area contributed by atoms with E-state index in [1.807, 2.05) is 4.90 Å². The standard InChI is InChI=1S/C26H33N3O5S/c1-16(24(30)27-26-12-17-9-18(13-26)11-19(10-17)14-26)34-25(31)20-5-4-8-29(15-20)23-21-6-2-3-7-22(21)35(32,33)28-23/h2-3,6-7,16-20H,4-5,8-15H2,1H3,(H,27,30)/t16-,17?,18?,19?,20+,26?/m1/s1. The van der Waals surface area contributed by atoms with Gasteiger partial charge in [0.15, 0.2) is 11.9 Å². The summed E-state index contributed by atoms with van der Waals surface area (Å²) in [6, 6.07) is 6.77. The number of likely N-dealkylation sites (tertiary alicyclic amines) is 1. The number of sulfonamides is 1. The number of nitrogens with one attached hydrogen (secondary N) is 1. The number of amides is 1. The minimum Gasteiger partial charge on any atom is -0.452 e. The molecule has 0 radical (unpaired) electrons. The van der Waals surface area contributed by atoms with Gasteiger partial charge < -0.3 is 15.0 Å². The number of ether oxygens (including phenoxy) is 1. The molecule has 4 bridgehead atoms. The Kier molecular flexibility index (Phi) is 5.47. The SMILES string of the molecule is C[C@@H](OC(=O)[C@H]1CCCN(C2=NS(=O)(=O)c3ccccc32)C1)C(=O)NC12CC3CC(CC(C3)C1)C2. The molecular weight excluding hydrogens is 466 g/mol. The Morgan fingerprint density at radius 1 is 1.11 bits per heavy atom. The van der Waals surface area contributed by atoms with E-state index in [9.17, 15) is 18.0 Å². The van der Waals surface area contributed by atoms with E-state index >= 15 is 0 Å². The van der Waals surface area contributed by atoms with Crippen LogP contribution in [0.4, 0.5) is 0 Å². The fraction of sp³-hybridized carbons (Fsp3) is 0.654. The van der Waals surface area contributed by atoms with Crippen LogP contribution in [0.3, 0.4) is 0 Å². The molecular formula is C26H33N3O5S. The molecule has 8 nitrogen and oxygen atoms in total. The first-order chi connectivity index (χ1) is 16.7. The van der Waals surface area contributed by atoms with Crippen LogP contribution < -0.4 is 5.32 Å². The zero-order chi connectivity index (χ0) is 24.4. The number of hydrogen-bond donors (Lipinski definition) is 1. The molecule has 0 unspecified atom stereocenters. The van der Waals surface area contributed by atoms with Gasteiger partial charge in [0.1, 0.15) is 4.90 Å². The van der Waals surface area contributed by atoms with Gasteiger partial charge >= 0.3 is 5.97 Å². The predicted octanol–water partition coefficient (Wildman–Crippen LogP) is 2.86. The van der Waals surface area contributed by atoms with Crippen molar-refractivity contribution in [2.24, 2.45) is 28.1 Å². The molecule has 1 aromatic carbocycles. The fourth-order valence-corrected chi connectivity index (χ4v) is 8.86. The predicted molar refractivity (Wildman–Crippen MR) is 129 cm³/mol. The Hall–Kier alpha value is -2.42. The molecule has 1 aromatic rings. The second kappa shape index (κ2) is 8.32. The lowest BCUT2D eigenvalue weighted by molar-refractivity contribution is -0.161. The van der Waals surface area contributed by atoms with E-state index in [-0.39, 0.29) is 16.3 Å². The smallest absolute Gasteiger partial charge is 0.311 e. The molecule has 4 aliphatic carbocycles. The van der Waals surface area contributed by atoms with Crippen molar-refractivity contribution >= 4 is 27.7 Å². The molecule has 7 rings (SSSR count). The molecule has 0 spiro atoms. The van der Waals surface area contributed by atoms with Crippen molar-refractivity contribution in [3.63, 3.8) is 0 Å². The van der Waals surface area contributed by atoms with E-state index in [1.54, 1.807) is 31.2 Å². The number of amidine groups is 1. The molecule has 1 amide bonds. The molecule has 4 saturated carbocycles. The average Bonchev–Trinajstić information content (AvgIpc) is 3.09. The number of piperidine rings is 1. The van der Waals surface area contributed by atoms with Gasteiger partial charge in [-0.25, -0.2) is 0 Å². The first-order valence-corrected chi connectivity index (χ1v) is 14.4. The van der Waals surface area contributed by atoms with Crippen molar-refractivity contribution in [3.05, 3.63) is 29.8 Å². The highest BCUT2D eigenvalue weighted by Gasteiger charge is 2.52. The van der Waals surface area contributed by atoms with E-state index in [4.69, 9.17) is 4.74 Å². The highest BCUT2D eigenvalue weighted by Crippen LogP contribution is 2.55. The Morgan fingerprint density at radius 2 is 1.77 bits per heavy atom. The van der Waals surface area contributed by atoms with Gasteiger partial charge in [0.05, 0.1) is 5.92 Å². The average molecular weight is 500 g/mol. The largest absolute Gasteiger partial charge is 0.452 e. The quantitative estimate of drug-likeness (QED) is 0.639. The minimum absolute atomic E-state index is 0.117. The summed E-state index contributed by atoms with van der Waals surface area (Å²) in [5.41, 5.74) is 0.457. The van der Waals surface area contributed by atoms with Gasteiger partial charge in [-0.15, -0.1) is 4.40 Å². The number of nitrogens with zero attached hydrogens (tertiary/aromatic N) is 2. The number of esters is 1. The Morgan fingerprint density at radius 3 is 2.46 bits per heavy atom. The van der Waals surface area contributed by atoms with Crippen molar-refractivity contribution in [2.45, 2.75) is 74.8 Å². The van der Waals surface area contributed by atoms with Gasteiger partial charge in [-0.3, -0.25) is 9.59 Å². The second-order valence-electron chi connectivity index (χ2n) is 11.4. The van der Waals surface area contributed by atoms with Crippen molar-refractivity contribution in [3.8, 4) is 0 Å². The van der Waals surface area contributed by atoms with E-state index < -0.39 is 28.0 Å². The number of hydrogen-bond acceptors (Lipinski definition) is 6. The van der Waals surface area contributed by atoms with Crippen molar-refractivity contribution < 1.29 is 22.7 Å². The third-order valence-corrected chi connectivity index (χ3v) is 10.1. The van der Waals surface area contributed by atoms with Gasteiger partial charge in [-0.2, -0.15) is 8.42 Å². The van der Waals surface area contributed by atoms with Gasteiger partial charge in [0, 0.05) is 24.2 Å². The normalized spacial score (nSPS) is 35.2. The second-order valence-corrected chi connectivity index (χ2v) is 13.0. The van der Waals surface area contributed by atoms with Gasteiger partial charge in [-0.05, 0) is 88.2 Å². The van der Waals surface area contributed by atoms with Crippen LogP contribution in [0.15, 0.2) is 33.6 Å². The summed E-state index contributed by atoms with van der Waals surface area (Å²) in [5, 5.41) is 3.29. The van der Waals surface area contributed by atoms with Crippen LogP contribution in [0.5, 0.6) is 0 Å². The molecule has 5 fully saturated rings. The highest BCUT2D eigenvalue weighted by atomic mass is 32.2. The van der Waals surface area contributed by atoms with Crippen molar-refractivity contribution in [1.82, 2.24) is 10.2 Å². The number of carbonyl (C=O) groups excluding carboxylic acids is 2. The molecule has 9 heteroatoms. The summed E-state index contributed by atoms with van der Waals surface area (Å²) in [5.74, 6) is 1.52. The van der Waals surface area contributed by atoms with Crippen LogP contribution in [0, 0.1) is 23.7 Å². The topological polar surface area (TPSA) is 105 Å². The number of carbonyl (C=O) groups is 2. The third-order valence-electron chi connectivity index (χ3n) is 8.76. The summed E-state index contributed by atoms with van der Waals surface area (Å²) in [7, 11) is -3.72. The van der Waals surface area contributed by atoms with Crippen LogP contribution in [0.1, 0.15) is 63.9 Å². The lowest BCUT2D eigenvalue weighted by atomic mass is 9.53. The van der Waals surface area contributed by atoms with Gasteiger partial charge in [0.25, 0.3) is 15.9 Å². The molecule has 1 N–H and O–H groups in total. The monoisotopic (exact) mass is 499 g/mol. The van der Waals surface area contributed by atoms with E-state index in [0.29, 0.717) is 30.9 Å². The summed E-state index contributed by atoms with van der Waals surface area (Å²) in [4.78, 5) is 28.1. The molecule has 0 aromatic heterocycles. The Labute approximate surface area is 206 Å². The molecule has 2 aliphatic heterocycles. The van der Waals surface area contributed by atoms with Crippen LogP contribution in [-0.2, 0) is 24.3 Å². The number of rotatable bonds is 4. The van der Waals surface area contributed by atoms with Crippen LogP contribution in [0.2, 0.25) is 0 Å². The van der Waals surface area contributed by atoms with Crippen LogP contribution in [0.25, 0.3) is 0 Å². The summed E-state index contributed by atoms with van der Waals surface area (Å²) in [6.45, 7) is 2.59. The first-order valence-electron chi connectivity index (χ1n) is 12.9. The van der Waals surface area contributed by atoms with E-state index in [1.165, 1.54) is 19.3 Å². The van der Waals surface area contributed by atoms with Crippen LogP contribution in [-0.4, -0.2) is 55.8 Å². The summed E-state index contributed by atoms with van der Waals surface area (Å²) in [6.07, 6.45) is 7.56. The fourth-order valence-electron chi connectivity index (χ4n) is 7.63. The van der Waals surface area contributed by atoms with Crippen molar-refractivity contribution in [2.75, 3.05) is 13.1 Å². The zero-order valence-electron chi connectivity index (χ0n) is 20.1. The minimum atomic E-state index is -3.72. The lowest BCUT2D eigenvalue weighted by Crippen LogP contribution is -2.61. The summed E-state index contributed by atoms with van der Waals surface area (Å²) >= 11 is 0. The Balaban J connectivity index is 1.09. The molecule has 2 atom stereocenters. The molecule has 1 saturated heterocycles. The first kappa shape index (κ1) is 23.0. The highest BCUT2D eigenvalue weighted by molar-refractivity contribution is 7.90. The van der Waals surface area contributed by atoms with Gasteiger partial charge in [-0.1, -0.05) is 12.1 Å². The maximum Gasteiger partial charge on any atom is 0.311 e. The molecule has 35 heavy (non-hydrogen) atoms.